The third kappa shape index (κ3) is 5.15. The predicted octanol–water partition coefficient (Wildman–Crippen LogP) is 2.25. The third-order valence-corrected chi connectivity index (χ3v) is 3.35. The Labute approximate surface area is 132 Å². The van der Waals surface area contributed by atoms with Crippen LogP contribution in [-0.4, -0.2) is 24.7 Å². The second-order valence-corrected chi connectivity index (χ2v) is 5.07. The Morgan fingerprint density at radius 1 is 1.27 bits per heavy atom. The fraction of sp³-hybridized carbons (Fsp3) is 0.500. The van der Waals surface area contributed by atoms with Crippen LogP contribution in [0, 0.1) is 0 Å². The predicted molar refractivity (Wildman–Crippen MR) is 77.5 cm³/mol. The van der Waals surface area contributed by atoms with Crippen molar-refractivity contribution in [3.8, 4) is 0 Å². The van der Waals surface area contributed by atoms with Crippen LogP contribution >= 0.6 is 12.4 Å². The summed E-state index contributed by atoms with van der Waals surface area (Å²) < 4.78 is 42.6. The summed E-state index contributed by atoms with van der Waals surface area (Å²) in [5, 5.41) is 2.66. The first-order chi connectivity index (χ1) is 9.86. The zero-order valence-electron chi connectivity index (χ0n) is 11.7. The second-order valence-electron chi connectivity index (χ2n) is 5.07. The van der Waals surface area contributed by atoms with Crippen molar-refractivity contribution in [3.05, 3.63) is 35.4 Å². The molecule has 1 aliphatic rings. The van der Waals surface area contributed by atoms with Gasteiger partial charge in [0.05, 0.1) is 12.2 Å². The van der Waals surface area contributed by atoms with Gasteiger partial charge in [0.15, 0.2) is 0 Å². The molecular weight excluding hydrogens is 321 g/mol. The molecule has 3 N–H and O–H groups in total. The van der Waals surface area contributed by atoms with Gasteiger partial charge in [-0.3, -0.25) is 4.79 Å². The summed E-state index contributed by atoms with van der Waals surface area (Å²) in [6.07, 6.45) is -3.60. The molecular formula is C14H18ClF3N2O2. The molecule has 1 aliphatic heterocycles. The van der Waals surface area contributed by atoms with Gasteiger partial charge in [0, 0.05) is 12.6 Å². The summed E-state index contributed by atoms with van der Waals surface area (Å²) in [5.74, 6) is -0.262. The van der Waals surface area contributed by atoms with Crippen LogP contribution in [0.25, 0.3) is 0 Å². The molecule has 0 spiro atoms. The fourth-order valence-corrected chi connectivity index (χ4v) is 2.09. The summed E-state index contributed by atoms with van der Waals surface area (Å²) in [6, 6.07) is 4.65. The van der Waals surface area contributed by atoms with Gasteiger partial charge in [0.2, 0.25) is 5.91 Å². The van der Waals surface area contributed by atoms with E-state index >= 15 is 0 Å². The quantitative estimate of drug-likeness (QED) is 0.888. The summed E-state index contributed by atoms with van der Waals surface area (Å²) in [4.78, 5) is 11.8. The summed E-state index contributed by atoms with van der Waals surface area (Å²) >= 11 is 0. The highest BCUT2D eigenvalue weighted by Crippen LogP contribution is 2.29. The van der Waals surface area contributed by atoms with E-state index in [0.717, 1.165) is 18.6 Å². The zero-order chi connectivity index (χ0) is 15.5. The molecule has 0 aromatic heterocycles. The minimum atomic E-state index is -4.35. The van der Waals surface area contributed by atoms with Crippen molar-refractivity contribution in [3.63, 3.8) is 0 Å². The lowest BCUT2D eigenvalue weighted by molar-refractivity contribution is -0.138. The van der Waals surface area contributed by atoms with E-state index in [1.165, 1.54) is 12.1 Å². The first-order valence-electron chi connectivity index (χ1n) is 6.67. The maximum atomic E-state index is 12.4. The van der Waals surface area contributed by atoms with Gasteiger partial charge >= 0.3 is 6.18 Å². The van der Waals surface area contributed by atoms with Crippen LogP contribution < -0.4 is 11.1 Å². The van der Waals surface area contributed by atoms with E-state index in [9.17, 15) is 18.0 Å². The molecule has 22 heavy (non-hydrogen) atoms. The van der Waals surface area contributed by atoms with E-state index < -0.39 is 17.8 Å². The topological polar surface area (TPSA) is 64.4 Å². The average Bonchev–Trinajstić information content (AvgIpc) is 2.45. The molecule has 2 rings (SSSR count). The van der Waals surface area contributed by atoms with Gasteiger partial charge < -0.3 is 15.8 Å². The molecule has 0 bridgehead atoms. The standard InChI is InChI=1S/C14H17F3N2O2.ClH/c15-14(16,17)10-3-1-9(2-4-10)7-19-13(20)12-6-5-11(18)8-21-12;/h1-4,11-12H,5-8,18H2,(H,19,20);1H/t11-,12+;/m1./s1. The number of halogens is 4. The van der Waals surface area contributed by atoms with Crippen molar-refractivity contribution in [2.45, 2.75) is 37.7 Å². The molecule has 8 heteroatoms. The van der Waals surface area contributed by atoms with Crippen LogP contribution in [0.2, 0.25) is 0 Å². The Kier molecular flexibility index (Phi) is 6.65. The van der Waals surface area contributed by atoms with Crippen molar-refractivity contribution in [1.29, 1.82) is 0 Å². The lowest BCUT2D eigenvalue weighted by Crippen LogP contribution is -2.43. The van der Waals surface area contributed by atoms with Crippen LogP contribution in [0.3, 0.4) is 0 Å². The minimum absolute atomic E-state index is 0. The molecule has 1 heterocycles. The summed E-state index contributed by atoms with van der Waals surface area (Å²) in [7, 11) is 0. The van der Waals surface area contributed by atoms with Gasteiger partial charge in [-0.15, -0.1) is 12.4 Å². The van der Waals surface area contributed by atoms with Crippen molar-refractivity contribution < 1.29 is 22.7 Å². The highest BCUT2D eigenvalue weighted by atomic mass is 35.5. The number of ether oxygens (including phenoxy) is 1. The fourth-order valence-electron chi connectivity index (χ4n) is 2.09. The number of alkyl halides is 3. The number of rotatable bonds is 3. The van der Waals surface area contributed by atoms with Crippen LogP contribution in [0.15, 0.2) is 24.3 Å². The maximum absolute atomic E-state index is 12.4. The van der Waals surface area contributed by atoms with Crippen molar-refractivity contribution in [1.82, 2.24) is 5.32 Å². The molecule has 0 radical (unpaired) electrons. The van der Waals surface area contributed by atoms with Gasteiger partial charge in [-0.1, -0.05) is 12.1 Å². The van der Waals surface area contributed by atoms with Crippen LogP contribution in [0.5, 0.6) is 0 Å². The molecule has 4 nitrogen and oxygen atoms in total. The van der Waals surface area contributed by atoms with Gasteiger partial charge in [0.25, 0.3) is 0 Å². The van der Waals surface area contributed by atoms with Crippen molar-refractivity contribution in [2.24, 2.45) is 5.73 Å². The number of benzene rings is 1. The van der Waals surface area contributed by atoms with Gasteiger partial charge in [-0.25, -0.2) is 0 Å². The molecule has 1 amide bonds. The van der Waals surface area contributed by atoms with E-state index in [2.05, 4.69) is 5.32 Å². The minimum Gasteiger partial charge on any atom is -0.367 e. The number of hydrogen-bond acceptors (Lipinski definition) is 3. The molecule has 1 saturated heterocycles. The van der Waals surface area contributed by atoms with Gasteiger partial charge in [-0.2, -0.15) is 13.2 Å². The maximum Gasteiger partial charge on any atom is 0.416 e. The molecule has 124 valence electrons. The Morgan fingerprint density at radius 2 is 1.91 bits per heavy atom. The first-order valence-corrected chi connectivity index (χ1v) is 6.67. The third-order valence-electron chi connectivity index (χ3n) is 3.35. The molecule has 0 aliphatic carbocycles. The molecule has 0 saturated carbocycles. The number of nitrogens with one attached hydrogen (secondary N) is 1. The van der Waals surface area contributed by atoms with E-state index in [1.54, 1.807) is 0 Å². The first kappa shape index (κ1) is 18.7. The lowest BCUT2D eigenvalue weighted by Gasteiger charge is -2.25. The largest absolute Gasteiger partial charge is 0.416 e. The molecule has 2 atom stereocenters. The smallest absolute Gasteiger partial charge is 0.367 e. The Hall–Kier alpha value is -1.31. The number of nitrogens with two attached hydrogens (primary N) is 1. The van der Waals surface area contributed by atoms with Crippen LogP contribution in [0.1, 0.15) is 24.0 Å². The number of amides is 1. The van der Waals surface area contributed by atoms with Gasteiger partial charge in [0.1, 0.15) is 6.10 Å². The Balaban J connectivity index is 0.00000242. The number of carbonyl (C=O) groups excluding carboxylic acids is 1. The zero-order valence-corrected chi connectivity index (χ0v) is 12.5. The number of carbonyl (C=O) groups is 1. The van der Waals surface area contributed by atoms with Crippen LogP contribution in [0.4, 0.5) is 13.2 Å². The van der Waals surface area contributed by atoms with Crippen LogP contribution in [-0.2, 0) is 22.3 Å². The van der Waals surface area contributed by atoms with E-state index in [-0.39, 0.29) is 30.9 Å². The molecule has 1 aromatic carbocycles. The highest BCUT2D eigenvalue weighted by Gasteiger charge is 2.30. The highest BCUT2D eigenvalue weighted by molar-refractivity contribution is 5.85. The molecule has 0 unspecified atom stereocenters. The van der Waals surface area contributed by atoms with E-state index in [1.807, 2.05) is 0 Å². The molecule has 1 fully saturated rings. The lowest BCUT2D eigenvalue weighted by atomic mass is 10.1. The normalized spacial score (nSPS) is 21.8. The molecule has 1 aromatic rings. The van der Waals surface area contributed by atoms with Crippen molar-refractivity contribution in [2.75, 3.05) is 6.61 Å². The second kappa shape index (κ2) is 7.80. The van der Waals surface area contributed by atoms with E-state index in [0.29, 0.717) is 18.6 Å². The monoisotopic (exact) mass is 338 g/mol. The summed E-state index contributed by atoms with van der Waals surface area (Å²) in [5.41, 5.74) is 5.56. The van der Waals surface area contributed by atoms with Gasteiger partial charge in [-0.05, 0) is 30.5 Å². The Morgan fingerprint density at radius 3 is 2.41 bits per heavy atom. The van der Waals surface area contributed by atoms with E-state index in [4.69, 9.17) is 10.5 Å². The average molecular weight is 339 g/mol. The van der Waals surface area contributed by atoms with Crippen molar-refractivity contribution >= 4 is 18.3 Å². The summed E-state index contributed by atoms with van der Waals surface area (Å²) in [6.45, 7) is 0.515. The SMILES string of the molecule is Cl.N[C@@H]1CC[C@@H](C(=O)NCc2ccc(C(F)(F)F)cc2)OC1. The Bertz CT molecular complexity index is 486. The number of hydrogen-bond donors (Lipinski definition) is 2.